The summed E-state index contributed by atoms with van der Waals surface area (Å²) in [5, 5.41) is 3.12. The van der Waals surface area contributed by atoms with E-state index in [2.05, 4.69) is 36.2 Å². The number of nitrogen functional groups attached to an aromatic ring is 1. The average molecular weight is 372 g/mol. The van der Waals surface area contributed by atoms with Crippen molar-refractivity contribution in [3.05, 3.63) is 53.0 Å². The summed E-state index contributed by atoms with van der Waals surface area (Å²) in [5.74, 6) is 1.74. The standard InChI is InChI=1S/C16H14BrN5O/c1-23-13-7-2-4-10(8-13)14-20-15(18)22-16(21-14)19-12-6-3-5-11(17)9-12/h2-9H,1H3,(H3,18,19,20,21,22). The highest BCUT2D eigenvalue weighted by Gasteiger charge is 2.08. The highest BCUT2D eigenvalue weighted by Crippen LogP contribution is 2.23. The molecule has 1 heterocycles. The number of benzene rings is 2. The number of rotatable bonds is 4. The van der Waals surface area contributed by atoms with Gasteiger partial charge >= 0.3 is 0 Å². The predicted octanol–water partition coefficient (Wildman–Crippen LogP) is 3.64. The van der Waals surface area contributed by atoms with Gasteiger partial charge in [0, 0.05) is 15.7 Å². The Hall–Kier alpha value is -2.67. The van der Waals surface area contributed by atoms with E-state index < -0.39 is 0 Å². The second-order valence-corrected chi connectivity index (χ2v) is 5.62. The van der Waals surface area contributed by atoms with Crippen LogP contribution in [0.25, 0.3) is 11.4 Å². The number of nitrogens with one attached hydrogen (secondary N) is 1. The topological polar surface area (TPSA) is 86.0 Å². The van der Waals surface area contributed by atoms with Crippen LogP contribution < -0.4 is 15.8 Å². The van der Waals surface area contributed by atoms with Gasteiger partial charge in [-0.15, -0.1) is 0 Å². The normalized spacial score (nSPS) is 10.3. The first kappa shape index (κ1) is 15.2. The third-order valence-electron chi connectivity index (χ3n) is 3.06. The Morgan fingerprint density at radius 2 is 1.87 bits per heavy atom. The smallest absolute Gasteiger partial charge is 0.232 e. The van der Waals surface area contributed by atoms with Crippen LogP contribution in [0.15, 0.2) is 53.0 Å². The van der Waals surface area contributed by atoms with E-state index in [1.807, 2.05) is 48.5 Å². The van der Waals surface area contributed by atoms with Gasteiger partial charge in [-0.25, -0.2) is 0 Å². The van der Waals surface area contributed by atoms with E-state index in [4.69, 9.17) is 10.5 Å². The van der Waals surface area contributed by atoms with Crippen LogP contribution in [0.5, 0.6) is 5.75 Å². The maximum atomic E-state index is 5.81. The first-order chi connectivity index (χ1) is 11.1. The number of ether oxygens (including phenoxy) is 1. The number of anilines is 3. The van der Waals surface area contributed by atoms with Crippen LogP contribution in [-0.4, -0.2) is 22.1 Å². The molecule has 0 unspecified atom stereocenters. The van der Waals surface area contributed by atoms with Gasteiger partial charge < -0.3 is 15.8 Å². The molecule has 7 heteroatoms. The minimum atomic E-state index is 0.148. The minimum absolute atomic E-state index is 0.148. The van der Waals surface area contributed by atoms with Crippen molar-refractivity contribution in [2.24, 2.45) is 0 Å². The lowest BCUT2D eigenvalue weighted by atomic mass is 10.2. The molecule has 23 heavy (non-hydrogen) atoms. The summed E-state index contributed by atoms with van der Waals surface area (Å²) >= 11 is 3.43. The van der Waals surface area contributed by atoms with Gasteiger partial charge in [0.1, 0.15) is 5.75 Å². The highest BCUT2D eigenvalue weighted by atomic mass is 79.9. The van der Waals surface area contributed by atoms with Crippen LogP contribution >= 0.6 is 15.9 Å². The predicted molar refractivity (Wildman–Crippen MR) is 93.7 cm³/mol. The van der Waals surface area contributed by atoms with E-state index in [9.17, 15) is 0 Å². The van der Waals surface area contributed by atoms with Gasteiger partial charge in [-0.2, -0.15) is 15.0 Å². The van der Waals surface area contributed by atoms with Gasteiger partial charge in [0.2, 0.25) is 11.9 Å². The van der Waals surface area contributed by atoms with E-state index in [-0.39, 0.29) is 5.95 Å². The molecule has 0 aliphatic rings. The number of halogens is 1. The first-order valence-electron chi connectivity index (χ1n) is 6.82. The maximum absolute atomic E-state index is 5.81. The molecule has 0 atom stereocenters. The molecule has 0 saturated carbocycles. The van der Waals surface area contributed by atoms with Crippen molar-refractivity contribution in [3.8, 4) is 17.1 Å². The summed E-state index contributed by atoms with van der Waals surface area (Å²) in [7, 11) is 1.61. The van der Waals surface area contributed by atoms with Crippen LogP contribution in [0, 0.1) is 0 Å². The van der Waals surface area contributed by atoms with Gasteiger partial charge in [-0.05, 0) is 30.3 Å². The number of nitrogens with zero attached hydrogens (tertiary/aromatic N) is 3. The summed E-state index contributed by atoms with van der Waals surface area (Å²) in [6, 6.07) is 15.2. The van der Waals surface area contributed by atoms with E-state index in [0.29, 0.717) is 11.8 Å². The number of nitrogens with two attached hydrogens (primary N) is 1. The summed E-state index contributed by atoms with van der Waals surface area (Å²) in [4.78, 5) is 12.7. The zero-order chi connectivity index (χ0) is 16.2. The summed E-state index contributed by atoms with van der Waals surface area (Å²) < 4.78 is 6.18. The fraction of sp³-hybridized carbons (Fsp3) is 0.0625. The van der Waals surface area contributed by atoms with Crippen LogP contribution in [-0.2, 0) is 0 Å². The molecule has 3 N–H and O–H groups in total. The van der Waals surface area contributed by atoms with Gasteiger partial charge in [-0.3, -0.25) is 0 Å². The lowest BCUT2D eigenvalue weighted by Gasteiger charge is -2.08. The Labute approximate surface area is 141 Å². The third kappa shape index (κ3) is 3.75. The monoisotopic (exact) mass is 371 g/mol. The van der Waals surface area contributed by atoms with Crippen molar-refractivity contribution in [3.63, 3.8) is 0 Å². The molecule has 0 fully saturated rings. The lowest BCUT2D eigenvalue weighted by Crippen LogP contribution is -2.05. The fourth-order valence-corrected chi connectivity index (χ4v) is 2.43. The Balaban J connectivity index is 1.95. The average Bonchev–Trinajstić information content (AvgIpc) is 2.54. The number of hydrogen-bond acceptors (Lipinski definition) is 6. The van der Waals surface area contributed by atoms with E-state index in [1.165, 1.54) is 0 Å². The molecule has 3 rings (SSSR count). The van der Waals surface area contributed by atoms with E-state index in [1.54, 1.807) is 7.11 Å². The van der Waals surface area contributed by atoms with Crippen molar-refractivity contribution >= 4 is 33.5 Å². The van der Waals surface area contributed by atoms with Crippen molar-refractivity contribution in [1.29, 1.82) is 0 Å². The molecule has 3 aromatic rings. The molecule has 116 valence electrons. The van der Waals surface area contributed by atoms with Crippen LogP contribution in [0.3, 0.4) is 0 Å². The van der Waals surface area contributed by atoms with Crippen LogP contribution in [0.4, 0.5) is 17.6 Å². The largest absolute Gasteiger partial charge is 0.497 e. The molecule has 0 aliphatic heterocycles. The quantitative estimate of drug-likeness (QED) is 0.727. The van der Waals surface area contributed by atoms with Crippen molar-refractivity contribution < 1.29 is 4.74 Å². The molecule has 0 amide bonds. The van der Waals surface area contributed by atoms with Crippen LogP contribution in [0.1, 0.15) is 0 Å². The van der Waals surface area contributed by atoms with E-state index >= 15 is 0 Å². The highest BCUT2D eigenvalue weighted by molar-refractivity contribution is 9.10. The zero-order valence-corrected chi connectivity index (χ0v) is 13.9. The molecule has 0 saturated heterocycles. The Morgan fingerprint density at radius 1 is 1.04 bits per heavy atom. The molecular weight excluding hydrogens is 358 g/mol. The molecule has 0 spiro atoms. The molecule has 0 radical (unpaired) electrons. The van der Waals surface area contributed by atoms with E-state index in [0.717, 1.165) is 21.5 Å². The molecule has 2 aromatic carbocycles. The van der Waals surface area contributed by atoms with Gasteiger partial charge in [0.05, 0.1) is 7.11 Å². The molecule has 6 nitrogen and oxygen atoms in total. The van der Waals surface area contributed by atoms with Crippen molar-refractivity contribution in [1.82, 2.24) is 15.0 Å². The molecule has 1 aromatic heterocycles. The van der Waals surface area contributed by atoms with Crippen LogP contribution in [0.2, 0.25) is 0 Å². The van der Waals surface area contributed by atoms with Gasteiger partial charge in [0.15, 0.2) is 5.82 Å². The minimum Gasteiger partial charge on any atom is -0.497 e. The maximum Gasteiger partial charge on any atom is 0.232 e. The number of methoxy groups -OCH3 is 1. The van der Waals surface area contributed by atoms with Gasteiger partial charge in [-0.1, -0.05) is 34.1 Å². The fourth-order valence-electron chi connectivity index (χ4n) is 2.03. The lowest BCUT2D eigenvalue weighted by molar-refractivity contribution is 0.415. The summed E-state index contributed by atoms with van der Waals surface area (Å²) in [5.41, 5.74) is 7.46. The number of aromatic nitrogens is 3. The number of hydrogen-bond donors (Lipinski definition) is 2. The molecule has 0 bridgehead atoms. The molecule has 0 aliphatic carbocycles. The summed E-state index contributed by atoms with van der Waals surface area (Å²) in [6.07, 6.45) is 0. The molecular formula is C16H14BrN5O. The Bertz CT molecular complexity index is 840. The second-order valence-electron chi connectivity index (χ2n) is 4.71. The first-order valence-corrected chi connectivity index (χ1v) is 7.62. The third-order valence-corrected chi connectivity index (χ3v) is 3.55. The SMILES string of the molecule is COc1cccc(-c2nc(N)nc(Nc3cccc(Br)c3)n2)c1. The summed E-state index contributed by atoms with van der Waals surface area (Å²) in [6.45, 7) is 0. The van der Waals surface area contributed by atoms with Gasteiger partial charge in [0.25, 0.3) is 0 Å². The zero-order valence-electron chi connectivity index (χ0n) is 12.3. The van der Waals surface area contributed by atoms with Crippen molar-refractivity contribution in [2.45, 2.75) is 0 Å². The second kappa shape index (κ2) is 6.62. The van der Waals surface area contributed by atoms with Crippen molar-refractivity contribution in [2.75, 3.05) is 18.2 Å². The Morgan fingerprint density at radius 3 is 2.65 bits per heavy atom. The Kier molecular flexibility index (Phi) is 4.38.